The zero-order chi connectivity index (χ0) is 26.9. The van der Waals surface area contributed by atoms with Gasteiger partial charge in [0.05, 0.1) is 34.4 Å². The highest BCUT2D eigenvalue weighted by atomic mass is 35.5. The Balaban J connectivity index is 1.27. The van der Waals surface area contributed by atoms with Crippen LogP contribution in [0.25, 0.3) is 11.0 Å². The Hall–Kier alpha value is -3.59. The van der Waals surface area contributed by atoms with Crippen molar-refractivity contribution in [2.45, 2.75) is 51.0 Å². The molecule has 0 atom stereocenters. The van der Waals surface area contributed by atoms with Gasteiger partial charge in [-0.1, -0.05) is 29.8 Å². The lowest BCUT2D eigenvalue weighted by Gasteiger charge is -2.29. The van der Waals surface area contributed by atoms with E-state index in [2.05, 4.69) is 10.3 Å². The van der Waals surface area contributed by atoms with Crippen molar-refractivity contribution in [2.24, 2.45) is 5.92 Å². The molecule has 2 aromatic heterocycles. The molecule has 1 N–H and O–H groups in total. The molecular formula is C28H26ClF3N4O2. The van der Waals surface area contributed by atoms with E-state index >= 15 is 0 Å². The fourth-order valence-corrected chi connectivity index (χ4v) is 5.39. The number of para-hydroxylation sites is 2. The van der Waals surface area contributed by atoms with Gasteiger partial charge in [0.2, 0.25) is 0 Å². The van der Waals surface area contributed by atoms with E-state index < -0.39 is 23.2 Å². The summed E-state index contributed by atoms with van der Waals surface area (Å²) in [6, 6.07) is 16.0. The van der Waals surface area contributed by atoms with Crippen LogP contribution in [0.1, 0.15) is 47.3 Å². The minimum Gasteiger partial charge on any atom is -0.349 e. The van der Waals surface area contributed by atoms with E-state index in [-0.39, 0.29) is 22.7 Å². The number of halogens is 4. The Kier molecular flexibility index (Phi) is 7.29. The van der Waals surface area contributed by atoms with Crippen LogP contribution in [0, 0.1) is 5.92 Å². The molecule has 2 aromatic carbocycles. The summed E-state index contributed by atoms with van der Waals surface area (Å²) in [6.07, 6.45) is -0.262. The van der Waals surface area contributed by atoms with E-state index in [0.717, 1.165) is 47.8 Å². The van der Waals surface area contributed by atoms with Crippen molar-refractivity contribution >= 4 is 28.5 Å². The van der Waals surface area contributed by atoms with Crippen LogP contribution in [-0.4, -0.2) is 26.1 Å². The maximum absolute atomic E-state index is 13.4. The number of alkyl halides is 3. The summed E-state index contributed by atoms with van der Waals surface area (Å²) in [7, 11) is 0. The highest BCUT2D eigenvalue weighted by Gasteiger charge is 2.36. The number of nitrogens with zero attached hydrogens (tertiary/aromatic N) is 3. The minimum absolute atomic E-state index is 0.0690. The molecule has 0 bridgehead atoms. The van der Waals surface area contributed by atoms with Gasteiger partial charge in [-0.05, 0) is 74.1 Å². The summed E-state index contributed by atoms with van der Waals surface area (Å²) in [5.41, 5.74) is 0.902. The van der Waals surface area contributed by atoms with E-state index in [0.29, 0.717) is 25.9 Å². The van der Waals surface area contributed by atoms with E-state index in [1.807, 2.05) is 42.5 Å². The van der Waals surface area contributed by atoms with Crippen molar-refractivity contribution < 1.29 is 18.0 Å². The van der Waals surface area contributed by atoms with Gasteiger partial charge in [0.25, 0.3) is 5.91 Å². The van der Waals surface area contributed by atoms with E-state index in [4.69, 9.17) is 11.6 Å². The lowest BCUT2D eigenvalue weighted by Crippen LogP contribution is -2.39. The number of hydrogen-bond acceptors (Lipinski definition) is 3. The molecule has 198 valence electrons. The third-order valence-corrected chi connectivity index (χ3v) is 7.36. The summed E-state index contributed by atoms with van der Waals surface area (Å²) in [5.74, 6) is -0.580. The second-order valence-corrected chi connectivity index (χ2v) is 10.1. The maximum atomic E-state index is 13.4. The van der Waals surface area contributed by atoms with Crippen LogP contribution < -0.4 is 11.0 Å². The van der Waals surface area contributed by atoms with Crippen molar-refractivity contribution in [3.8, 4) is 0 Å². The Morgan fingerprint density at radius 1 is 0.974 bits per heavy atom. The number of benzene rings is 2. The molecule has 0 spiro atoms. The number of pyridine rings is 1. The van der Waals surface area contributed by atoms with Crippen LogP contribution in [0.4, 0.5) is 13.2 Å². The Labute approximate surface area is 222 Å². The Morgan fingerprint density at radius 2 is 1.66 bits per heavy atom. The van der Waals surface area contributed by atoms with Crippen molar-refractivity contribution in [2.75, 3.05) is 0 Å². The van der Waals surface area contributed by atoms with Crippen LogP contribution in [0.5, 0.6) is 0 Å². The number of carbonyl (C=O) groups excluding carboxylic acids is 1. The third-order valence-electron chi connectivity index (χ3n) is 7.13. The average molecular weight is 543 g/mol. The number of amides is 1. The van der Waals surface area contributed by atoms with Gasteiger partial charge in [0.1, 0.15) is 0 Å². The SMILES string of the molecule is O=C(NC1CCC(Cn2c(=O)n(Cc3ccccn3)c3ccccc32)CC1)c1cc(Cl)ccc1C(F)(F)F. The van der Waals surface area contributed by atoms with Crippen LogP contribution in [0.15, 0.2) is 71.7 Å². The Bertz CT molecular complexity index is 1510. The molecule has 38 heavy (non-hydrogen) atoms. The summed E-state index contributed by atoms with van der Waals surface area (Å²) in [4.78, 5) is 30.5. The molecule has 1 saturated carbocycles. The third kappa shape index (κ3) is 5.48. The van der Waals surface area contributed by atoms with E-state index in [1.165, 1.54) is 0 Å². The van der Waals surface area contributed by atoms with Gasteiger partial charge in [-0.2, -0.15) is 13.2 Å². The first kappa shape index (κ1) is 26.0. The van der Waals surface area contributed by atoms with Crippen molar-refractivity contribution in [3.05, 3.63) is 99.2 Å². The van der Waals surface area contributed by atoms with Gasteiger partial charge in [-0.3, -0.25) is 18.9 Å². The van der Waals surface area contributed by atoms with Crippen molar-refractivity contribution in [1.82, 2.24) is 19.4 Å². The zero-order valence-electron chi connectivity index (χ0n) is 20.4. The molecule has 1 aliphatic rings. The van der Waals surface area contributed by atoms with Crippen molar-refractivity contribution in [3.63, 3.8) is 0 Å². The second kappa shape index (κ2) is 10.6. The molecule has 4 aromatic rings. The molecule has 5 rings (SSSR count). The van der Waals surface area contributed by atoms with E-state index in [9.17, 15) is 22.8 Å². The highest BCUT2D eigenvalue weighted by molar-refractivity contribution is 6.31. The lowest BCUT2D eigenvalue weighted by atomic mass is 9.85. The number of nitrogens with one attached hydrogen (secondary N) is 1. The first-order chi connectivity index (χ1) is 18.2. The maximum Gasteiger partial charge on any atom is 0.417 e. The fraction of sp³-hybridized carbons (Fsp3) is 0.321. The topological polar surface area (TPSA) is 68.9 Å². The largest absolute Gasteiger partial charge is 0.417 e. The number of hydrogen-bond donors (Lipinski definition) is 1. The smallest absolute Gasteiger partial charge is 0.349 e. The molecule has 10 heteroatoms. The Morgan fingerprint density at radius 3 is 2.32 bits per heavy atom. The summed E-state index contributed by atoms with van der Waals surface area (Å²) in [6.45, 7) is 0.900. The average Bonchev–Trinajstić information content (AvgIpc) is 3.15. The molecule has 0 aliphatic heterocycles. The standard InChI is InChI=1S/C28H26ClF3N4O2/c29-19-10-13-23(28(30,31)32)22(15-19)26(37)34-20-11-8-18(9-12-20)16-35-24-6-1-2-7-25(24)36(27(35)38)17-21-5-3-4-14-33-21/h1-7,10,13-15,18,20H,8-9,11-12,16-17H2,(H,34,37). The van der Waals surface area contributed by atoms with Gasteiger partial charge in [-0.15, -0.1) is 0 Å². The summed E-state index contributed by atoms with van der Waals surface area (Å²) in [5, 5.41) is 2.82. The molecular weight excluding hydrogens is 517 g/mol. The normalized spacial score (nSPS) is 18.0. The molecule has 0 radical (unpaired) electrons. The number of rotatable bonds is 6. The van der Waals surface area contributed by atoms with Gasteiger partial charge in [0.15, 0.2) is 0 Å². The fourth-order valence-electron chi connectivity index (χ4n) is 5.22. The molecule has 1 amide bonds. The number of aromatic nitrogens is 3. The molecule has 0 saturated heterocycles. The predicted octanol–water partition coefficient (Wildman–Crippen LogP) is 5.91. The van der Waals surface area contributed by atoms with Crippen LogP contribution in [0.3, 0.4) is 0 Å². The number of imidazole rings is 1. The van der Waals surface area contributed by atoms with Crippen molar-refractivity contribution in [1.29, 1.82) is 0 Å². The molecule has 0 unspecified atom stereocenters. The van der Waals surface area contributed by atoms with Gasteiger partial charge in [-0.25, -0.2) is 4.79 Å². The highest BCUT2D eigenvalue weighted by Crippen LogP contribution is 2.34. The van der Waals surface area contributed by atoms with Gasteiger partial charge in [0, 0.05) is 23.8 Å². The first-order valence-electron chi connectivity index (χ1n) is 12.5. The molecule has 1 fully saturated rings. The quantitative estimate of drug-likeness (QED) is 0.329. The summed E-state index contributed by atoms with van der Waals surface area (Å²) < 4.78 is 43.7. The zero-order valence-corrected chi connectivity index (χ0v) is 21.2. The minimum atomic E-state index is -4.65. The number of fused-ring (bicyclic) bond motifs is 1. The predicted molar refractivity (Wildman–Crippen MR) is 139 cm³/mol. The number of carbonyl (C=O) groups is 1. The summed E-state index contributed by atoms with van der Waals surface area (Å²) >= 11 is 5.87. The van der Waals surface area contributed by atoms with E-state index in [1.54, 1.807) is 15.3 Å². The van der Waals surface area contributed by atoms with Crippen LogP contribution >= 0.6 is 11.6 Å². The second-order valence-electron chi connectivity index (χ2n) is 9.67. The van der Waals surface area contributed by atoms with Crippen LogP contribution in [0.2, 0.25) is 5.02 Å². The monoisotopic (exact) mass is 542 g/mol. The molecule has 6 nitrogen and oxygen atoms in total. The van der Waals surface area contributed by atoms with Gasteiger partial charge >= 0.3 is 11.9 Å². The van der Waals surface area contributed by atoms with Crippen LogP contribution in [-0.2, 0) is 19.3 Å². The first-order valence-corrected chi connectivity index (χ1v) is 12.8. The van der Waals surface area contributed by atoms with Gasteiger partial charge < -0.3 is 5.32 Å². The molecule has 1 aliphatic carbocycles. The molecule has 2 heterocycles. The lowest BCUT2D eigenvalue weighted by molar-refractivity contribution is -0.137.